The quantitative estimate of drug-likeness (QED) is 0.379. The summed E-state index contributed by atoms with van der Waals surface area (Å²) in [6.07, 6.45) is 3.04. The van der Waals surface area contributed by atoms with Gasteiger partial charge in [0.25, 0.3) is 0 Å². The van der Waals surface area contributed by atoms with E-state index in [2.05, 4.69) is 15.9 Å². The molecule has 0 aromatic rings. The molecular weight excluding hydrogens is 180 g/mol. The molecule has 0 bridgehead atoms. The number of hydrogen-bond donors (Lipinski definition) is 0. The fourth-order valence-corrected chi connectivity index (χ4v) is 0.600. The second-order valence-corrected chi connectivity index (χ2v) is 2.58. The lowest BCUT2D eigenvalue weighted by Crippen LogP contribution is -1.91. The lowest BCUT2D eigenvalue weighted by Gasteiger charge is -2.02. The topological polar surface area (TPSA) is 9.23 Å². The molecule has 0 aliphatic rings. The molecule has 0 atom stereocenters. The molecule has 0 unspecified atom stereocenters. The molecule has 0 aromatic carbocycles. The normalized spacial score (nSPS) is 11.7. The molecule has 0 amide bonds. The van der Waals surface area contributed by atoms with Crippen LogP contribution < -0.4 is 0 Å². The summed E-state index contributed by atoms with van der Waals surface area (Å²) in [5.74, 6) is 1.01. The minimum atomic E-state index is 0.821. The summed E-state index contributed by atoms with van der Waals surface area (Å²) in [5, 5.41) is 1.02. The van der Waals surface area contributed by atoms with Gasteiger partial charge in [-0.15, -0.1) is 0 Å². The number of ether oxygens (including phenoxy) is 1. The van der Waals surface area contributed by atoms with Gasteiger partial charge in [0.2, 0.25) is 0 Å². The van der Waals surface area contributed by atoms with Crippen molar-refractivity contribution in [2.24, 2.45) is 0 Å². The van der Waals surface area contributed by atoms with Crippen LogP contribution in [0.1, 0.15) is 20.3 Å². The summed E-state index contributed by atoms with van der Waals surface area (Å²) in [7, 11) is 0. The maximum atomic E-state index is 5.26. The number of rotatable bonds is 4. The number of allylic oxidation sites excluding steroid dienone is 2. The Morgan fingerprint density at radius 2 is 2.33 bits per heavy atom. The van der Waals surface area contributed by atoms with E-state index in [4.69, 9.17) is 4.74 Å². The highest BCUT2D eigenvalue weighted by Crippen LogP contribution is 1.96. The van der Waals surface area contributed by atoms with E-state index in [0.717, 1.165) is 24.1 Å². The monoisotopic (exact) mass is 192 g/mol. The molecule has 1 nitrogen and oxygen atoms in total. The van der Waals surface area contributed by atoms with Crippen molar-refractivity contribution in [3.8, 4) is 0 Å². The molecule has 0 saturated carbocycles. The van der Waals surface area contributed by atoms with E-state index in [9.17, 15) is 0 Å². The summed E-state index contributed by atoms with van der Waals surface area (Å²) >= 11 is 3.32. The van der Waals surface area contributed by atoms with Gasteiger partial charge in [0.1, 0.15) is 0 Å². The number of alkyl halides is 1. The first-order valence-corrected chi connectivity index (χ1v) is 4.25. The zero-order valence-corrected chi connectivity index (χ0v) is 7.57. The van der Waals surface area contributed by atoms with Gasteiger partial charge in [0, 0.05) is 5.33 Å². The molecule has 0 rings (SSSR count). The molecule has 0 heterocycles. The second kappa shape index (κ2) is 6.14. The van der Waals surface area contributed by atoms with Gasteiger partial charge in [-0.3, -0.25) is 0 Å². The minimum Gasteiger partial charge on any atom is -0.499 e. The van der Waals surface area contributed by atoms with Crippen LogP contribution in [0.15, 0.2) is 11.8 Å². The highest BCUT2D eigenvalue weighted by atomic mass is 79.9. The van der Waals surface area contributed by atoms with Gasteiger partial charge < -0.3 is 4.74 Å². The Kier molecular flexibility index (Phi) is 6.16. The van der Waals surface area contributed by atoms with E-state index in [1.165, 1.54) is 0 Å². The first-order valence-electron chi connectivity index (χ1n) is 3.13. The molecule has 9 heavy (non-hydrogen) atoms. The molecule has 0 saturated heterocycles. The Morgan fingerprint density at radius 1 is 1.67 bits per heavy atom. The maximum absolute atomic E-state index is 5.26. The van der Waals surface area contributed by atoms with Gasteiger partial charge in [0.15, 0.2) is 0 Å². The van der Waals surface area contributed by atoms with Gasteiger partial charge in [-0.05, 0) is 20.3 Å². The molecule has 0 fully saturated rings. The Bertz CT molecular complexity index is 88.9. The molecule has 0 aromatic heterocycles. The molecule has 0 spiro atoms. The highest BCUT2D eigenvalue weighted by molar-refractivity contribution is 9.09. The predicted octanol–water partition coefficient (Wildman–Crippen LogP) is 2.71. The van der Waals surface area contributed by atoms with Crippen molar-refractivity contribution < 1.29 is 4.74 Å². The fraction of sp³-hybridized carbons (Fsp3) is 0.714. The zero-order valence-electron chi connectivity index (χ0n) is 5.98. The lowest BCUT2D eigenvalue weighted by molar-refractivity contribution is 0.215. The van der Waals surface area contributed by atoms with Crippen molar-refractivity contribution in [1.29, 1.82) is 0 Å². The predicted molar refractivity (Wildman–Crippen MR) is 43.8 cm³/mol. The van der Waals surface area contributed by atoms with Gasteiger partial charge in [0.05, 0.1) is 12.4 Å². The van der Waals surface area contributed by atoms with Crippen molar-refractivity contribution >= 4 is 15.9 Å². The van der Waals surface area contributed by atoms with Crippen LogP contribution in [0, 0.1) is 0 Å². The molecule has 0 aliphatic carbocycles. The van der Waals surface area contributed by atoms with Crippen LogP contribution in [0.5, 0.6) is 0 Å². The SMILES string of the molecule is CC=C(C)OCCCBr. The number of hydrogen-bond acceptors (Lipinski definition) is 1. The third-order valence-electron chi connectivity index (χ3n) is 1.01. The molecular formula is C7H13BrO. The van der Waals surface area contributed by atoms with E-state index >= 15 is 0 Å². The van der Waals surface area contributed by atoms with Gasteiger partial charge in [-0.2, -0.15) is 0 Å². The molecule has 2 heteroatoms. The van der Waals surface area contributed by atoms with Crippen LogP contribution in [0.4, 0.5) is 0 Å². The first-order chi connectivity index (χ1) is 4.31. The summed E-state index contributed by atoms with van der Waals surface area (Å²) in [6.45, 7) is 4.76. The van der Waals surface area contributed by atoms with Crippen molar-refractivity contribution in [3.63, 3.8) is 0 Å². The largest absolute Gasteiger partial charge is 0.499 e. The summed E-state index contributed by atoms with van der Waals surface area (Å²) in [5.41, 5.74) is 0. The zero-order chi connectivity index (χ0) is 7.11. The maximum Gasteiger partial charge on any atom is 0.0886 e. The summed E-state index contributed by atoms with van der Waals surface area (Å²) in [6, 6.07) is 0. The molecule has 0 radical (unpaired) electrons. The fourth-order valence-electron chi connectivity index (χ4n) is 0.371. The standard InChI is InChI=1S/C7H13BrO/c1-3-7(2)9-6-4-5-8/h3H,4-6H2,1-2H3. The Labute approximate surface area is 65.2 Å². The molecule has 54 valence electrons. The van der Waals surface area contributed by atoms with Crippen LogP contribution in [0.2, 0.25) is 0 Å². The highest BCUT2D eigenvalue weighted by Gasteiger charge is 1.85. The average molecular weight is 193 g/mol. The van der Waals surface area contributed by atoms with Crippen LogP contribution in [-0.2, 0) is 4.74 Å². The van der Waals surface area contributed by atoms with Crippen LogP contribution >= 0.6 is 15.9 Å². The van der Waals surface area contributed by atoms with E-state index in [1.54, 1.807) is 0 Å². The van der Waals surface area contributed by atoms with E-state index in [-0.39, 0.29) is 0 Å². The van der Waals surface area contributed by atoms with Gasteiger partial charge in [-0.1, -0.05) is 22.0 Å². The molecule has 0 N–H and O–H groups in total. The van der Waals surface area contributed by atoms with Crippen molar-refractivity contribution in [2.75, 3.05) is 11.9 Å². The third-order valence-corrected chi connectivity index (χ3v) is 1.57. The third kappa shape index (κ3) is 5.90. The van der Waals surface area contributed by atoms with Gasteiger partial charge in [-0.25, -0.2) is 0 Å². The van der Waals surface area contributed by atoms with E-state index in [0.29, 0.717) is 0 Å². The first kappa shape index (κ1) is 9.02. The molecule has 0 aliphatic heterocycles. The average Bonchev–Trinajstić information content (AvgIpc) is 1.89. The van der Waals surface area contributed by atoms with Crippen LogP contribution in [-0.4, -0.2) is 11.9 Å². The van der Waals surface area contributed by atoms with Crippen molar-refractivity contribution in [2.45, 2.75) is 20.3 Å². The Morgan fingerprint density at radius 3 is 2.78 bits per heavy atom. The summed E-state index contributed by atoms with van der Waals surface area (Å²) in [4.78, 5) is 0. The Hall–Kier alpha value is 0.0200. The van der Waals surface area contributed by atoms with Crippen LogP contribution in [0.25, 0.3) is 0 Å². The second-order valence-electron chi connectivity index (χ2n) is 1.79. The smallest absolute Gasteiger partial charge is 0.0886 e. The van der Waals surface area contributed by atoms with E-state index < -0.39 is 0 Å². The lowest BCUT2D eigenvalue weighted by atomic mass is 10.5. The van der Waals surface area contributed by atoms with Crippen LogP contribution in [0.3, 0.4) is 0 Å². The summed E-state index contributed by atoms with van der Waals surface area (Å²) < 4.78 is 5.26. The Balaban J connectivity index is 3.07. The number of halogens is 1. The van der Waals surface area contributed by atoms with Crippen molar-refractivity contribution in [3.05, 3.63) is 11.8 Å². The van der Waals surface area contributed by atoms with Gasteiger partial charge >= 0.3 is 0 Å². The van der Waals surface area contributed by atoms with Crippen molar-refractivity contribution in [1.82, 2.24) is 0 Å². The van der Waals surface area contributed by atoms with E-state index in [1.807, 2.05) is 19.9 Å². The minimum absolute atomic E-state index is 0.821.